The summed E-state index contributed by atoms with van der Waals surface area (Å²) >= 11 is 11.1. The van der Waals surface area contributed by atoms with Gasteiger partial charge in [0, 0.05) is 20.8 Å². The first kappa shape index (κ1) is 24.3. The van der Waals surface area contributed by atoms with Crippen molar-refractivity contribution in [2.45, 2.75) is 24.4 Å². The number of rotatable bonds is 9. The lowest BCUT2D eigenvalue weighted by Gasteiger charge is -2.13. The van der Waals surface area contributed by atoms with Gasteiger partial charge in [-0.25, -0.2) is 0 Å². The van der Waals surface area contributed by atoms with E-state index in [-0.39, 0.29) is 0 Å². The number of para-hydroxylation sites is 1. The molecule has 6 nitrogen and oxygen atoms in total. The Morgan fingerprint density at radius 1 is 1.06 bits per heavy atom. The fraction of sp³-hybridized carbons (Fsp3) is 0.160. The van der Waals surface area contributed by atoms with Crippen molar-refractivity contribution in [2.24, 2.45) is 5.10 Å². The maximum Gasteiger partial charge on any atom is 0.212 e. The third-order valence-corrected chi connectivity index (χ3v) is 6.62. The average molecular weight is 558 g/mol. The zero-order valence-corrected chi connectivity index (χ0v) is 21.8. The molecule has 0 N–H and O–H groups in total. The fourth-order valence-electron chi connectivity index (χ4n) is 3.14. The Kier molecular flexibility index (Phi) is 8.26. The first-order valence-electron chi connectivity index (χ1n) is 10.4. The Morgan fingerprint density at radius 3 is 2.62 bits per heavy atom. The summed E-state index contributed by atoms with van der Waals surface area (Å²) in [5, 5.41) is 14.5. The van der Waals surface area contributed by atoms with Gasteiger partial charge in [-0.1, -0.05) is 69.6 Å². The average Bonchev–Trinajstić information content (AvgIpc) is 3.20. The van der Waals surface area contributed by atoms with Crippen molar-refractivity contribution in [3.05, 3.63) is 98.7 Å². The lowest BCUT2D eigenvalue weighted by molar-refractivity contribution is 0.284. The topological polar surface area (TPSA) is 61.5 Å². The van der Waals surface area contributed by atoms with E-state index in [1.54, 1.807) is 29.8 Å². The van der Waals surface area contributed by atoms with Gasteiger partial charge in [-0.3, -0.25) is 0 Å². The zero-order chi connectivity index (χ0) is 23.9. The second-order valence-electron chi connectivity index (χ2n) is 7.30. The summed E-state index contributed by atoms with van der Waals surface area (Å²) in [4.78, 5) is 0. The highest BCUT2D eigenvalue weighted by atomic mass is 79.9. The van der Waals surface area contributed by atoms with Crippen LogP contribution >= 0.6 is 39.3 Å². The number of ether oxygens (including phenoxy) is 2. The number of nitrogens with zero attached hydrogens (tertiary/aromatic N) is 4. The molecule has 0 saturated carbocycles. The van der Waals surface area contributed by atoms with Crippen molar-refractivity contribution in [2.75, 3.05) is 7.11 Å². The molecule has 0 unspecified atom stereocenters. The molecule has 34 heavy (non-hydrogen) atoms. The third-order valence-electron chi connectivity index (χ3n) is 4.86. The van der Waals surface area contributed by atoms with Crippen LogP contribution in [0.3, 0.4) is 0 Å². The van der Waals surface area contributed by atoms with Gasteiger partial charge in [0.1, 0.15) is 6.61 Å². The normalized spacial score (nSPS) is 11.2. The van der Waals surface area contributed by atoms with E-state index in [1.165, 1.54) is 5.56 Å². The van der Waals surface area contributed by atoms with Gasteiger partial charge in [0.2, 0.25) is 5.16 Å². The molecule has 0 aliphatic rings. The van der Waals surface area contributed by atoms with Gasteiger partial charge in [0.05, 0.1) is 13.3 Å². The van der Waals surface area contributed by atoms with E-state index in [0.717, 1.165) is 21.4 Å². The third kappa shape index (κ3) is 6.20. The Morgan fingerprint density at radius 2 is 1.85 bits per heavy atom. The molecule has 1 aromatic heterocycles. The van der Waals surface area contributed by atoms with Crippen LogP contribution in [0.25, 0.3) is 0 Å². The Labute approximate surface area is 216 Å². The molecule has 0 saturated heterocycles. The van der Waals surface area contributed by atoms with Crippen LogP contribution in [-0.2, 0) is 12.4 Å². The maximum absolute atomic E-state index is 6.12. The number of methoxy groups -OCH3 is 1. The summed E-state index contributed by atoms with van der Waals surface area (Å²) in [5.41, 5.74) is 2.93. The smallest absolute Gasteiger partial charge is 0.212 e. The van der Waals surface area contributed by atoms with Gasteiger partial charge < -0.3 is 9.47 Å². The number of aromatic nitrogens is 3. The van der Waals surface area contributed by atoms with Gasteiger partial charge in [-0.05, 0) is 54.4 Å². The standard InChI is InChI=1S/C25H22BrClN4O2S/c1-17-29-30-25(34-16-18-9-11-21(26)12-10-18)31(17)28-14-20-6-4-8-23(32-2)24(20)33-15-19-5-3-7-22(27)13-19/h3-14H,15-16H2,1-2H3/b28-14+. The molecule has 0 fully saturated rings. The van der Waals surface area contributed by atoms with Crippen LogP contribution in [0.4, 0.5) is 0 Å². The lowest BCUT2D eigenvalue weighted by atomic mass is 10.2. The summed E-state index contributed by atoms with van der Waals surface area (Å²) < 4.78 is 14.4. The first-order valence-corrected chi connectivity index (χ1v) is 12.6. The predicted octanol–water partition coefficient (Wildman–Crippen LogP) is 6.76. The number of benzene rings is 3. The van der Waals surface area contributed by atoms with Crippen LogP contribution in [-0.4, -0.2) is 28.2 Å². The number of aryl methyl sites for hydroxylation is 1. The molecule has 9 heteroatoms. The van der Waals surface area contributed by atoms with Crippen molar-refractivity contribution in [3.63, 3.8) is 0 Å². The van der Waals surface area contributed by atoms with Gasteiger partial charge in [0.25, 0.3) is 0 Å². The SMILES string of the molecule is COc1cccc(/C=N/n2c(C)nnc2SCc2ccc(Br)cc2)c1OCc1cccc(Cl)c1. The molecule has 0 spiro atoms. The Balaban J connectivity index is 1.54. The van der Waals surface area contributed by atoms with Crippen LogP contribution < -0.4 is 9.47 Å². The highest BCUT2D eigenvalue weighted by molar-refractivity contribution is 9.10. The largest absolute Gasteiger partial charge is 0.493 e. The van der Waals surface area contributed by atoms with Gasteiger partial charge >= 0.3 is 0 Å². The molecule has 174 valence electrons. The van der Waals surface area contributed by atoms with Crippen LogP contribution in [0.5, 0.6) is 11.5 Å². The molecule has 1 heterocycles. The molecule has 0 amide bonds. The van der Waals surface area contributed by atoms with E-state index >= 15 is 0 Å². The number of halogens is 2. The van der Waals surface area contributed by atoms with Crippen LogP contribution in [0.2, 0.25) is 5.02 Å². The minimum atomic E-state index is 0.349. The quantitative estimate of drug-likeness (QED) is 0.168. The fourth-order valence-corrected chi connectivity index (χ4v) is 4.51. The van der Waals surface area contributed by atoms with Crippen LogP contribution in [0.15, 0.2) is 81.5 Å². The van der Waals surface area contributed by atoms with Crippen LogP contribution in [0.1, 0.15) is 22.5 Å². The molecule has 3 aromatic carbocycles. The second kappa shape index (κ2) is 11.6. The monoisotopic (exact) mass is 556 g/mol. The molecule has 4 rings (SSSR count). The van der Waals surface area contributed by atoms with Gasteiger partial charge in [-0.2, -0.15) is 9.78 Å². The summed E-state index contributed by atoms with van der Waals surface area (Å²) in [6.45, 7) is 2.22. The summed E-state index contributed by atoms with van der Waals surface area (Å²) in [7, 11) is 1.61. The summed E-state index contributed by atoms with van der Waals surface area (Å²) in [6, 6.07) is 21.5. The number of thioether (sulfide) groups is 1. The molecule has 0 aliphatic heterocycles. The van der Waals surface area contributed by atoms with Crippen molar-refractivity contribution < 1.29 is 9.47 Å². The van der Waals surface area contributed by atoms with Crippen molar-refractivity contribution in [1.82, 2.24) is 14.9 Å². The molecule has 0 bridgehead atoms. The Bertz CT molecular complexity index is 1290. The van der Waals surface area contributed by atoms with E-state index in [0.29, 0.717) is 34.1 Å². The minimum absolute atomic E-state index is 0.349. The van der Waals surface area contributed by atoms with Gasteiger partial charge in [-0.15, -0.1) is 10.2 Å². The zero-order valence-electron chi connectivity index (χ0n) is 18.6. The molecule has 4 aromatic rings. The lowest BCUT2D eigenvalue weighted by Crippen LogP contribution is -2.02. The van der Waals surface area contributed by atoms with E-state index < -0.39 is 0 Å². The second-order valence-corrected chi connectivity index (χ2v) is 9.59. The molecule has 0 radical (unpaired) electrons. The highest BCUT2D eigenvalue weighted by Crippen LogP contribution is 2.31. The van der Waals surface area contributed by atoms with E-state index in [4.69, 9.17) is 21.1 Å². The molecule has 0 atom stereocenters. The van der Waals surface area contributed by atoms with E-state index in [9.17, 15) is 0 Å². The molecular weight excluding hydrogens is 536 g/mol. The number of hydrogen-bond acceptors (Lipinski definition) is 6. The van der Waals surface area contributed by atoms with Gasteiger partial charge in [0.15, 0.2) is 17.3 Å². The van der Waals surface area contributed by atoms with Crippen molar-refractivity contribution >= 4 is 45.5 Å². The maximum atomic E-state index is 6.12. The van der Waals surface area contributed by atoms with Crippen molar-refractivity contribution in [1.29, 1.82) is 0 Å². The molecule has 0 aliphatic carbocycles. The predicted molar refractivity (Wildman–Crippen MR) is 140 cm³/mol. The Hall–Kier alpha value is -2.81. The highest BCUT2D eigenvalue weighted by Gasteiger charge is 2.12. The van der Waals surface area contributed by atoms with Crippen molar-refractivity contribution in [3.8, 4) is 11.5 Å². The summed E-state index contributed by atoms with van der Waals surface area (Å²) in [6.07, 6.45) is 1.73. The van der Waals surface area contributed by atoms with E-state index in [2.05, 4.69) is 43.4 Å². The number of hydrogen-bond donors (Lipinski definition) is 0. The van der Waals surface area contributed by atoms with Crippen LogP contribution in [0, 0.1) is 6.92 Å². The van der Waals surface area contributed by atoms with E-state index in [1.807, 2.05) is 61.5 Å². The summed E-state index contributed by atoms with van der Waals surface area (Å²) in [5.74, 6) is 2.67. The first-order chi connectivity index (χ1) is 16.5. The molecular formula is C25H22BrClN4O2S. The minimum Gasteiger partial charge on any atom is -0.493 e.